The van der Waals surface area contributed by atoms with Crippen LogP contribution in [0.2, 0.25) is 0 Å². The molecule has 8 heteroatoms. The molecule has 24 heavy (non-hydrogen) atoms. The number of rotatable bonds is 7. The van der Waals surface area contributed by atoms with Crippen molar-refractivity contribution >= 4 is 27.3 Å². The zero-order valence-corrected chi connectivity index (χ0v) is 14.4. The van der Waals surface area contributed by atoms with Gasteiger partial charge in [-0.15, -0.1) is 15.3 Å². The maximum Gasteiger partial charge on any atom is 0.267 e. The minimum Gasteiger partial charge on any atom is -0.481 e. The van der Waals surface area contributed by atoms with Crippen LogP contribution in [0, 0.1) is 0 Å². The third kappa shape index (κ3) is 3.53. The third-order valence-corrected chi connectivity index (χ3v) is 4.26. The van der Waals surface area contributed by atoms with E-state index in [2.05, 4.69) is 27.5 Å². The number of hydrogen-bond donors (Lipinski definition) is 1. The van der Waals surface area contributed by atoms with Gasteiger partial charge >= 0.3 is 0 Å². The summed E-state index contributed by atoms with van der Waals surface area (Å²) in [6.07, 6.45) is 1.75. The van der Waals surface area contributed by atoms with Crippen molar-refractivity contribution in [1.29, 1.82) is 0 Å². The maximum atomic E-state index is 12.4. The van der Waals surface area contributed by atoms with E-state index < -0.39 is 6.10 Å². The molecule has 0 saturated carbocycles. The second-order valence-electron chi connectivity index (χ2n) is 5.28. The first kappa shape index (κ1) is 16.4. The Morgan fingerprint density at radius 3 is 2.79 bits per heavy atom. The molecule has 7 nitrogen and oxygen atoms in total. The van der Waals surface area contributed by atoms with E-state index in [1.54, 1.807) is 4.52 Å². The summed E-state index contributed by atoms with van der Waals surface area (Å²) in [6, 6.07) is 9.31. The summed E-state index contributed by atoms with van der Waals surface area (Å²) >= 11 is 1.30. The van der Waals surface area contributed by atoms with Crippen molar-refractivity contribution in [3.05, 3.63) is 36.2 Å². The Morgan fingerprint density at radius 1 is 1.29 bits per heavy atom. The van der Waals surface area contributed by atoms with Crippen LogP contribution >= 0.6 is 11.3 Å². The molecule has 2 heterocycles. The second kappa shape index (κ2) is 7.39. The summed E-state index contributed by atoms with van der Waals surface area (Å²) in [7, 11) is 0. The first-order valence-corrected chi connectivity index (χ1v) is 8.76. The number of para-hydroxylation sites is 1. The fraction of sp³-hybridized carbons (Fsp3) is 0.375. The van der Waals surface area contributed by atoms with Crippen LogP contribution < -0.4 is 10.1 Å². The molecule has 0 spiro atoms. The second-order valence-corrected chi connectivity index (χ2v) is 6.24. The van der Waals surface area contributed by atoms with Crippen LogP contribution in [-0.4, -0.2) is 31.8 Å². The summed E-state index contributed by atoms with van der Waals surface area (Å²) in [4.78, 5) is 13.1. The number of hydrogen-bond acceptors (Lipinski definition) is 6. The molecule has 1 amide bonds. The minimum atomic E-state index is -0.572. The van der Waals surface area contributed by atoms with Crippen LogP contribution in [-0.2, 0) is 11.2 Å². The Balaban J connectivity index is 1.70. The molecule has 0 radical (unpaired) electrons. The highest BCUT2D eigenvalue weighted by molar-refractivity contribution is 7.20. The molecule has 0 aliphatic heterocycles. The van der Waals surface area contributed by atoms with Gasteiger partial charge in [0.05, 0.1) is 0 Å². The molecule has 126 valence electrons. The number of fused-ring (bicyclic) bond motifs is 1. The molecule has 1 N–H and O–H groups in total. The van der Waals surface area contributed by atoms with Crippen LogP contribution in [0.15, 0.2) is 30.3 Å². The number of aryl methyl sites for hydroxylation is 1. The number of ether oxygens (including phenoxy) is 1. The maximum absolute atomic E-state index is 12.4. The van der Waals surface area contributed by atoms with E-state index in [1.807, 2.05) is 37.3 Å². The van der Waals surface area contributed by atoms with Gasteiger partial charge in [-0.2, -0.15) is 4.52 Å². The van der Waals surface area contributed by atoms with E-state index in [1.165, 1.54) is 11.3 Å². The minimum absolute atomic E-state index is 0.219. The largest absolute Gasteiger partial charge is 0.481 e. The topological polar surface area (TPSA) is 81.4 Å². The third-order valence-electron chi connectivity index (χ3n) is 3.44. The fourth-order valence-electron chi connectivity index (χ4n) is 2.26. The van der Waals surface area contributed by atoms with Crippen molar-refractivity contribution in [3.8, 4) is 5.75 Å². The number of aromatic nitrogens is 4. The Hall–Kier alpha value is -2.48. The van der Waals surface area contributed by atoms with Crippen molar-refractivity contribution in [1.82, 2.24) is 19.8 Å². The molecule has 1 aromatic carbocycles. The van der Waals surface area contributed by atoms with Crippen molar-refractivity contribution in [3.63, 3.8) is 0 Å². The molecule has 0 bridgehead atoms. The van der Waals surface area contributed by atoms with Crippen molar-refractivity contribution in [2.45, 2.75) is 39.2 Å². The van der Waals surface area contributed by atoms with Crippen LogP contribution in [0.25, 0.3) is 4.96 Å². The summed E-state index contributed by atoms with van der Waals surface area (Å²) in [5, 5.41) is 15.9. The van der Waals surface area contributed by atoms with Crippen LogP contribution in [0.1, 0.15) is 32.5 Å². The molecule has 0 aliphatic carbocycles. The van der Waals surface area contributed by atoms with Crippen LogP contribution in [0.5, 0.6) is 5.75 Å². The monoisotopic (exact) mass is 345 g/mol. The normalized spacial score (nSPS) is 12.2. The van der Waals surface area contributed by atoms with Gasteiger partial charge in [-0.3, -0.25) is 10.1 Å². The molecule has 3 aromatic rings. The lowest BCUT2D eigenvalue weighted by molar-refractivity contribution is -0.122. The summed E-state index contributed by atoms with van der Waals surface area (Å²) < 4.78 is 7.43. The smallest absolute Gasteiger partial charge is 0.267 e. The Kier molecular flexibility index (Phi) is 5.05. The SMILES string of the molecule is CCCc1nnc2sc(NC(=O)C(CC)Oc3ccccc3)nn12. The number of carbonyl (C=O) groups is 1. The lowest BCUT2D eigenvalue weighted by Crippen LogP contribution is -2.32. The number of benzene rings is 1. The number of amides is 1. The molecule has 0 fully saturated rings. The first-order valence-electron chi connectivity index (χ1n) is 7.95. The highest BCUT2D eigenvalue weighted by atomic mass is 32.1. The Labute approximate surface area is 143 Å². The van der Waals surface area contributed by atoms with Crippen LogP contribution in [0.3, 0.4) is 0 Å². The lowest BCUT2D eigenvalue weighted by Gasteiger charge is -2.16. The van der Waals surface area contributed by atoms with Gasteiger partial charge in [0.1, 0.15) is 5.75 Å². The molecule has 1 unspecified atom stereocenters. The molecule has 2 aromatic heterocycles. The first-order chi connectivity index (χ1) is 11.7. The predicted octanol–water partition coefficient (Wildman–Crippen LogP) is 2.93. The van der Waals surface area contributed by atoms with Crippen molar-refractivity contribution in [2.75, 3.05) is 5.32 Å². The molecule has 0 saturated heterocycles. The average Bonchev–Trinajstić information content (AvgIpc) is 3.15. The number of carbonyl (C=O) groups excluding carboxylic acids is 1. The van der Waals surface area contributed by atoms with Gasteiger partial charge in [0, 0.05) is 6.42 Å². The van der Waals surface area contributed by atoms with Gasteiger partial charge in [0.25, 0.3) is 5.91 Å². The molecule has 1 atom stereocenters. The highest BCUT2D eigenvalue weighted by Crippen LogP contribution is 2.20. The van der Waals surface area contributed by atoms with Gasteiger partial charge in [-0.05, 0) is 25.0 Å². The highest BCUT2D eigenvalue weighted by Gasteiger charge is 2.21. The quantitative estimate of drug-likeness (QED) is 0.712. The summed E-state index contributed by atoms with van der Waals surface area (Å²) in [6.45, 7) is 3.98. The van der Waals surface area contributed by atoms with E-state index in [9.17, 15) is 4.79 Å². The van der Waals surface area contributed by atoms with Gasteiger partial charge in [0.15, 0.2) is 11.9 Å². The van der Waals surface area contributed by atoms with E-state index in [4.69, 9.17) is 4.74 Å². The predicted molar refractivity (Wildman–Crippen MR) is 92.4 cm³/mol. The number of nitrogens with one attached hydrogen (secondary N) is 1. The molecular formula is C16H19N5O2S. The zero-order chi connectivity index (χ0) is 16.9. The van der Waals surface area contributed by atoms with E-state index in [0.717, 1.165) is 18.7 Å². The van der Waals surface area contributed by atoms with Crippen molar-refractivity contribution < 1.29 is 9.53 Å². The number of nitrogens with zero attached hydrogens (tertiary/aromatic N) is 4. The van der Waals surface area contributed by atoms with Crippen molar-refractivity contribution in [2.24, 2.45) is 0 Å². The Bertz CT molecular complexity index is 814. The summed E-state index contributed by atoms with van der Waals surface area (Å²) in [5.41, 5.74) is 0. The standard InChI is InChI=1S/C16H19N5O2S/c1-3-8-13-18-19-16-21(13)20-15(24-16)17-14(22)12(4-2)23-11-9-6-5-7-10-11/h5-7,9-10,12H,3-4,8H2,1-2H3,(H,17,20,22). The van der Waals surface area contributed by atoms with Gasteiger partial charge in [-0.1, -0.05) is 43.4 Å². The van der Waals surface area contributed by atoms with Gasteiger partial charge in [0.2, 0.25) is 10.1 Å². The summed E-state index contributed by atoms with van der Waals surface area (Å²) in [5.74, 6) is 1.25. The van der Waals surface area contributed by atoms with Gasteiger partial charge < -0.3 is 4.74 Å². The van der Waals surface area contributed by atoms with Crippen LogP contribution in [0.4, 0.5) is 5.13 Å². The molecular weight excluding hydrogens is 326 g/mol. The lowest BCUT2D eigenvalue weighted by atomic mass is 10.2. The fourth-order valence-corrected chi connectivity index (χ4v) is 3.02. The Morgan fingerprint density at radius 2 is 2.08 bits per heavy atom. The number of anilines is 1. The van der Waals surface area contributed by atoms with Gasteiger partial charge in [-0.25, -0.2) is 0 Å². The molecule has 3 rings (SSSR count). The zero-order valence-electron chi connectivity index (χ0n) is 13.6. The van der Waals surface area contributed by atoms with E-state index >= 15 is 0 Å². The molecule has 0 aliphatic rings. The van der Waals surface area contributed by atoms with E-state index in [-0.39, 0.29) is 5.91 Å². The average molecular weight is 345 g/mol. The van der Waals surface area contributed by atoms with E-state index in [0.29, 0.717) is 22.3 Å².